The van der Waals surface area contributed by atoms with Gasteiger partial charge in [0.05, 0.1) is 12.7 Å². The fraction of sp³-hybridized carbons (Fsp3) is 0.292. The highest BCUT2D eigenvalue weighted by Crippen LogP contribution is 2.47. The minimum absolute atomic E-state index is 0.717. The molecule has 0 saturated carbocycles. The number of rotatable bonds is 5. The second-order valence-electron chi connectivity index (χ2n) is 8.27. The van der Waals surface area contributed by atoms with Crippen molar-refractivity contribution in [3.63, 3.8) is 0 Å². The number of hydrogen-bond acceptors (Lipinski definition) is 7. The molecule has 0 radical (unpaired) electrons. The van der Waals surface area contributed by atoms with E-state index in [0.717, 1.165) is 44.2 Å². The Balaban J connectivity index is 1.31. The molecule has 0 amide bonds. The summed E-state index contributed by atoms with van der Waals surface area (Å²) in [5.74, 6) is 1.89. The van der Waals surface area contributed by atoms with Crippen LogP contribution >= 0.6 is 11.3 Å². The molecule has 5 heterocycles. The lowest BCUT2D eigenvalue weighted by Gasteiger charge is -2.30. The third-order valence-corrected chi connectivity index (χ3v) is 7.51. The molecule has 0 fully saturated rings. The van der Waals surface area contributed by atoms with Gasteiger partial charge in [0.2, 0.25) is 0 Å². The molecule has 0 aliphatic carbocycles. The Bertz CT molecular complexity index is 1230. The van der Waals surface area contributed by atoms with Crippen molar-refractivity contribution in [3.8, 4) is 17.1 Å². The minimum Gasteiger partial charge on any atom is -0.497 e. The zero-order valence-electron chi connectivity index (χ0n) is 17.9. The Morgan fingerprint density at radius 3 is 2.66 bits per heavy atom. The first-order valence-corrected chi connectivity index (χ1v) is 11.6. The second-order valence-corrected chi connectivity index (χ2v) is 9.35. The number of hydrogen-bond donors (Lipinski definition) is 0. The Labute approximate surface area is 190 Å². The predicted molar refractivity (Wildman–Crippen MR) is 125 cm³/mol. The van der Waals surface area contributed by atoms with Gasteiger partial charge >= 0.3 is 0 Å². The number of aromatic nitrogens is 4. The van der Waals surface area contributed by atoms with Gasteiger partial charge < -0.3 is 9.64 Å². The lowest BCUT2D eigenvalue weighted by atomic mass is 10.0. The Morgan fingerprint density at radius 1 is 1.03 bits per heavy atom. The normalized spacial score (nSPS) is 15.2. The molecule has 0 atom stereocenters. The topological polar surface area (TPSA) is 59.3 Å². The van der Waals surface area contributed by atoms with E-state index < -0.39 is 0 Å². The first-order valence-electron chi connectivity index (χ1n) is 10.8. The fourth-order valence-electron chi connectivity index (χ4n) is 4.64. The van der Waals surface area contributed by atoms with E-state index in [-0.39, 0.29) is 0 Å². The highest BCUT2D eigenvalue weighted by molar-refractivity contribution is 7.17. The standard InChI is InChI=1S/C24H24N6OS/c1-31-19-4-2-17(3-5-19)13-29-16-30-23(26-15-27-30)22-20-8-11-28(14-21(20)32-24(22)29)12-18-6-9-25-10-7-18/h2-7,9-10,15H,8,11-14,16H2,1H3. The molecule has 2 aliphatic rings. The van der Waals surface area contributed by atoms with Crippen LogP contribution in [0.25, 0.3) is 11.4 Å². The molecule has 0 spiro atoms. The molecule has 7 nitrogen and oxygen atoms in total. The van der Waals surface area contributed by atoms with E-state index in [9.17, 15) is 0 Å². The van der Waals surface area contributed by atoms with Crippen molar-refractivity contribution in [2.24, 2.45) is 0 Å². The summed E-state index contributed by atoms with van der Waals surface area (Å²) in [6.45, 7) is 4.52. The molecular weight excluding hydrogens is 420 g/mol. The fourth-order valence-corrected chi connectivity index (χ4v) is 6.01. The zero-order chi connectivity index (χ0) is 21.5. The molecule has 32 heavy (non-hydrogen) atoms. The number of benzene rings is 1. The molecular formula is C24H24N6OS. The lowest BCUT2D eigenvalue weighted by molar-refractivity contribution is 0.249. The summed E-state index contributed by atoms with van der Waals surface area (Å²) in [4.78, 5) is 15.2. The van der Waals surface area contributed by atoms with Crippen molar-refractivity contribution in [1.82, 2.24) is 24.6 Å². The van der Waals surface area contributed by atoms with Crippen LogP contribution in [-0.4, -0.2) is 38.3 Å². The van der Waals surface area contributed by atoms with Crippen LogP contribution in [0.2, 0.25) is 0 Å². The maximum Gasteiger partial charge on any atom is 0.163 e. The van der Waals surface area contributed by atoms with Crippen LogP contribution in [0, 0.1) is 0 Å². The van der Waals surface area contributed by atoms with E-state index in [1.54, 1.807) is 13.4 Å². The zero-order valence-corrected chi connectivity index (χ0v) is 18.8. The highest BCUT2D eigenvalue weighted by atomic mass is 32.1. The maximum absolute atomic E-state index is 5.32. The van der Waals surface area contributed by atoms with E-state index in [1.165, 1.54) is 32.1 Å². The van der Waals surface area contributed by atoms with Crippen molar-refractivity contribution in [2.75, 3.05) is 18.6 Å². The Kier molecular flexibility index (Phi) is 4.88. The van der Waals surface area contributed by atoms with Crippen molar-refractivity contribution in [1.29, 1.82) is 0 Å². The quantitative estimate of drug-likeness (QED) is 0.465. The number of nitrogens with zero attached hydrogens (tertiary/aromatic N) is 6. The van der Waals surface area contributed by atoms with Gasteiger partial charge in [-0.15, -0.1) is 11.3 Å². The van der Waals surface area contributed by atoms with Crippen molar-refractivity contribution in [3.05, 3.63) is 76.7 Å². The summed E-state index contributed by atoms with van der Waals surface area (Å²) in [6.07, 6.45) is 6.46. The highest BCUT2D eigenvalue weighted by Gasteiger charge is 2.33. The number of anilines is 1. The predicted octanol–water partition coefficient (Wildman–Crippen LogP) is 3.95. The van der Waals surface area contributed by atoms with Gasteiger partial charge in [-0.2, -0.15) is 5.10 Å². The van der Waals surface area contributed by atoms with E-state index in [1.807, 2.05) is 40.5 Å². The molecule has 3 aromatic heterocycles. The summed E-state index contributed by atoms with van der Waals surface area (Å²) in [6, 6.07) is 12.5. The summed E-state index contributed by atoms with van der Waals surface area (Å²) in [7, 11) is 1.70. The van der Waals surface area contributed by atoms with Crippen LogP contribution in [0.5, 0.6) is 5.75 Å². The van der Waals surface area contributed by atoms with Gasteiger partial charge in [0, 0.05) is 43.4 Å². The van der Waals surface area contributed by atoms with Crippen LogP contribution in [-0.2, 0) is 32.7 Å². The smallest absolute Gasteiger partial charge is 0.163 e. The molecule has 4 aromatic rings. The first-order chi connectivity index (χ1) is 15.8. The third-order valence-electron chi connectivity index (χ3n) is 6.24. The minimum atomic E-state index is 0.717. The molecule has 0 saturated heterocycles. The number of thiophene rings is 1. The summed E-state index contributed by atoms with van der Waals surface area (Å²) in [5.41, 5.74) is 5.30. The van der Waals surface area contributed by atoms with Crippen molar-refractivity contribution in [2.45, 2.75) is 32.7 Å². The maximum atomic E-state index is 5.32. The van der Waals surface area contributed by atoms with Gasteiger partial charge in [0.25, 0.3) is 0 Å². The number of ether oxygens (including phenoxy) is 1. The van der Waals surface area contributed by atoms with Crippen LogP contribution < -0.4 is 9.64 Å². The van der Waals surface area contributed by atoms with Crippen LogP contribution in [0.3, 0.4) is 0 Å². The molecule has 0 unspecified atom stereocenters. The Hall–Kier alpha value is -3.23. The monoisotopic (exact) mass is 444 g/mol. The number of pyridine rings is 1. The van der Waals surface area contributed by atoms with Gasteiger partial charge in [0.1, 0.15) is 23.7 Å². The molecule has 1 aromatic carbocycles. The van der Waals surface area contributed by atoms with Crippen LogP contribution in [0.15, 0.2) is 55.1 Å². The van der Waals surface area contributed by atoms with Crippen LogP contribution in [0.4, 0.5) is 5.00 Å². The van der Waals surface area contributed by atoms with Gasteiger partial charge in [-0.25, -0.2) is 9.67 Å². The van der Waals surface area contributed by atoms with E-state index >= 15 is 0 Å². The summed E-state index contributed by atoms with van der Waals surface area (Å²) < 4.78 is 7.35. The van der Waals surface area contributed by atoms with Gasteiger partial charge in [0.15, 0.2) is 5.82 Å². The van der Waals surface area contributed by atoms with E-state index in [2.05, 4.69) is 49.1 Å². The van der Waals surface area contributed by atoms with E-state index in [4.69, 9.17) is 4.74 Å². The SMILES string of the molecule is COc1ccc(CN2Cn3ncnc3-c3c2sc2c3CCN(Cc3ccncc3)C2)cc1. The molecule has 0 bridgehead atoms. The Morgan fingerprint density at radius 2 is 1.84 bits per heavy atom. The van der Waals surface area contributed by atoms with Crippen molar-refractivity contribution >= 4 is 16.3 Å². The van der Waals surface area contributed by atoms with Crippen molar-refractivity contribution < 1.29 is 4.74 Å². The summed E-state index contributed by atoms with van der Waals surface area (Å²) in [5, 5.41) is 5.82. The second kappa shape index (κ2) is 8.03. The lowest BCUT2D eigenvalue weighted by Crippen LogP contribution is -2.31. The molecule has 2 aliphatic heterocycles. The van der Waals surface area contributed by atoms with Gasteiger partial charge in [-0.05, 0) is 47.4 Å². The molecule has 0 N–H and O–H groups in total. The average molecular weight is 445 g/mol. The largest absolute Gasteiger partial charge is 0.497 e. The summed E-state index contributed by atoms with van der Waals surface area (Å²) >= 11 is 1.92. The molecule has 8 heteroatoms. The number of fused-ring (bicyclic) bond motifs is 5. The van der Waals surface area contributed by atoms with Gasteiger partial charge in [-0.1, -0.05) is 12.1 Å². The number of methoxy groups -OCH3 is 1. The average Bonchev–Trinajstić information content (AvgIpc) is 3.44. The van der Waals surface area contributed by atoms with E-state index in [0.29, 0.717) is 6.67 Å². The molecule has 6 rings (SSSR count). The third kappa shape index (κ3) is 3.45. The van der Waals surface area contributed by atoms with Gasteiger partial charge in [-0.3, -0.25) is 9.88 Å². The first kappa shape index (κ1) is 19.5. The molecule has 162 valence electrons. The van der Waals surface area contributed by atoms with Crippen LogP contribution in [0.1, 0.15) is 21.6 Å².